The Labute approximate surface area is 266 Å². The second kappa shape index (κ2) is 15.2. The van der Waals surface area contributed by atoms with Crippen molar-refractivity contribution in [1.82, 2.24) is 15.5 Å². The first-order valence-corrected chi connectivity index (χ1v) is 15.1. The minimum absolute atomic E-state index is 0.110. The van der Waals surface area contributed by atoms with Crippen LogP contribution in [0.2, 0.25) is 0 Å². The summed E-state index contributed by atoms with van der Waals surface area (Å²) in [5.74, 6) is -2.31. The van der Waals surface area contributed by atoms with Gasteiger partial charge in [-0.05, 0) is 85.1 Å². The maximum atomic E-state index is 14.4. The fraction of sp³-hybridized carbons (Fsp3) is 0.529. The Kier molecular flexibility index (Phi) is 12.6. The highest BCUT2D eigenvalue weighted by Crippen LogP contribution is 2.33. The number of hydrogen-bond donors (Lipinski definition) is 4. The number of phenols is 1. The summed E-state index contributed by atoms with van der Waals surface area (Å²) >= 11 is 0. The van der Waals surface area contributed by atoms with Gasteiger partial charge in [0.15, 0.2) is 0 Å². The molecule has 0 aliphatic heterocycles. The third-order valence-electron chi connectivity index (χ3n) is 6.91. The SMILES string of the molecule is CCC(C)(C)N(C(=O)C(CO)NC(=O)OC(C)(C)C)C(C(=O)NC(Cc1ccccc1)C(=O)OC(C)(C)C)c1cccc(O)c1. The second-order valence-electron chi connectivity index (χ2n) is 13.5. The van der Waals surface area contributed by atoms with Gasteiger partial charge in [0.2, 0.25) is 11.8 Å². The quantitative estimate of drug-likeness (QED) is 0.253. The Morgan fingerprint density at radius 2 is 1.42 bits per heavy atom. The van der Waals surface area contributed by atoms with Crippen molar-refractivity contribution in [1.29, 1.82) is 0 Å². The predicted molar refractivity (Wildman–Crippen MR) is 170 cm³/mol. The summed E-state index contributed by atoms with van der Waals surface area (Å²) in [6.45, 7) is 14.7. The lowest BCUT2D eigenvalue weighted by Gasteiger charge is -2.44. The molecule has 0 bridgehead atoms. The van der Waals surface area contributed by atoms with Gasteiger partial charge in [0.25, 0.3) is 0 Å². The third kappa shape index (κ3) is 11.4. The number of aliphatic hydroxyl groups is 1. The van der Waals surface area contributed by atoms with Crippen LogP contribution in [0.15, 0.2) is 54.6 Å². The Balaban J connectivity index is 2.64. The first-order chi connectivity index (χ1) is 20.8. The molecular formula is C34H49N3O8. The highest BCUT2D eigenvalue weighted by molar-refractivity contribution is 5.94. The van der Waals surface area contributed by atoms with Crippen molar-refractivity contribution in [3.63, 3.8) is 0 Å². The molecule has 4 N–H and O–H groups in total. The molecule has 45 heavy (non-hydrogen) atoms. The molecule has 0 fully saturated rings. The summed E-state index contributed by atoms with van der Waals surface area (Å²) < 4.78 is 10.9. The summed E-state index contributed by atoms with van der Waals surface area (Å²) in [7, 11) is 0. The molecule has 3 unspecified atom stereocenters. The van der Waals surface area contributed by atoms with E-state index in [1.807, 2.05) is 37.3 Å². The highest BCUT2D eigenvalue weighted by Gasteiger charge is 2.44. The van der Waals surface area contributed by atoms with E-state index in [1.165, 1.54) is 23.1 Å². The molecule has 0 heterocycles. The first kappa shape index (κ1) is 37.1. The number of rotatable bonds is 12. The number of benzene rings is 2. The molecular weight excluding hydrogens is 578 g/mol. The van der Waals surface area contributed by atoms with Crippen LogP contribution in [0.25, 0.3) is 0 Å². The van der Waals surface area contributed by atoms with E-state index in [-0.39, 0.29) is 17.7 Å². The summed E-state index contributed by atoms with van der Waals surface area (Å²) in [4.78, 5) is 55.9. The van der Waals surface area contributed by atoms with Crippen LogP contribution >= 0.6 is 0 Å². The van der Waals surface area contributed by atoms with Gasteiger partial charge in [0.1, 0.15) is 35.1 Å². The van der Waals surface area contributed by atoms with Gasteiger partial charge in [-0.1, -0.05) is 49.4 Å². The highest BCUT2D eigenvalue weighted by atomic mass is 16.6. The number of esters is 1. The van der Waals surface area contributed by atoms with Crippen LogP contribution in [-0.2, 0) is 30.3 Å². The summed E-state index contributed by atoms with van der Waals surface area (Å²) in [6, 6.07) is 11.0. The molecule has 2 aromatic carbocycles. The second-order valence-corrected chi connectivity index (χ2v) is 13.5. The van der Waals surface area contributed by atoms with Crippen LogP contribution in [0.4, 0.5) is 4.79 Å². The number of alkyl carbamates (subject to hydrolysis) is 1. The zero-order chi connectivity index (χ0) is 34.2. The summed E-state index contributed by atoms with van der Waals surface area (Å²) in [5.41, 5.74) is -1.70. The van der Waals surface area contributed by atoms with Crippen molar-refractivity contribution in [3.8, 4) is 5.75 Å². The average Bonchev–Trinajstić information content (AvgIpc) is 2.92. The molecule has 0 saturated carbocycles. The van der Waals surface area contributed by atoms with E-state index in [9.17, 15) is 29.4 Å². The number of hydrogen-bond acceptors (Lipinski definition) is 8. The molecule has 0 aliphatic rings. The summed E-state index contributed by atoms with van der Waals surface area (Å²) in [5, 5.41) is 25.8. The molecule has 0 spiro atoms. The fourth-order valence-electron chi connectivity index (χ4n) is 4.53. The largest absolute Gasteiger partial charge is 0.508 e. The van der Waals surface area contributed by atoms with E-state index in [1.54, 1.807) is 61.5 Å². The Hall–Kier alpha value is -4.12. The molecule has 3 atom stereocenters. The van der Waals surface area contributed by atoms with Gasteiger partial charge < -0.3 is 35.2 Å². The number of amides is 3. The van der Waals surface area contributed by atoms with Crippen LogP contribution in [0.3, 0.4) is 0 Å². The number of phenolic OH excluding ortho intramolecular Hbond substituents is 1. The number of carbonyl (C=O) groups excluding carboxylic acids is 4. The molecule has 11 heteroatoms. The fourth-order valence-corrected chi connectivity index (χ4v) is 4.53. The number of ether oxygens (including phenoxy) is 2. The number of aliphatic hydroxyl groups excluding tert-OH is 1. The van der Waals surface area contributed by atoms with E-state index in [0.717, 1.165) is 5.56 Å². The van der Waals surface area contributed by atoms with E-state index in [2.05, 4.69) is 10.6 Å². The zero-order valence-electron chi connectivity index (χ0n) is 27.8. The topological polar surface area (TPSA) is 154 Å². The monoisotopic (exact) mass is 627 g/mol. The molecule has 0 saturated heterocycles. The molecule has 0 aliphatic carbocycles. The predicted octanol–water partition coefficient (Wildman–Crippen LogP) is 4.41. The number of nitrogens with one attached hydrogen (secondary N) is 2. The van der Waals surface area contributed by atoms with Crippen molar-refractivity contribution in [2.24, 2.45) is 0 Å². The molecule has 0 aromatic heterocycles. The standard InChI is InChI=1S/C34H49N3O8/c1-10-34(8,9)37(29(41)26(21-38)36-31(43)45-33(5,6)7)27(23-17-14-18-24(39)20-23)28(40)35-25(30(42)44-32(2,3)4)19-22-15-12-11-13-16-22/h11-18,20,25-27,38-39H,10,19,21H2,1-9H3,(H,35,40)(H,36,43). The van der Waals surface area contributed by atoms with Gasteiger partial charge in [0.05, 0.1) is 6.61 Å². The lowest BCUT2D eigenvalue weighted by molar-refractivity contribution is -0.159. The van der Waals surface area contributed by atoms with Crippen LogP contribution in [-0.4, -0.2) is 74.4 Å². The van der Waals surface area contributed by atoms with Crippen LogP contribution in [0.5, 0.6) is 5.75 Å². The van der Waals surface area contributed by atoms with Gasteiger partial charge in [-0.25, -0.2) is 9.59 Å². The Morgan fingerprint density at radius 1 is 0.822 bits per heavy atom. The maximum absolute atomic E-state index is 14.4. The zero-order valence-corrected chi connectivity index (χ0v) is 27.8. The molecule has 248 valence electrons. The first-order valence-electron chi connectivity index (χ1n) is 15.1. The van der Waals surface area contributed by atoms with Crippen LogP contribution in [0, 0.1) is 0 Å². The average molecular weight is 628 g/mol. The smallest absolute Gasteiger partial charge is 0.408 e. The molecule has 0 radical (unpaired) electrons. The van der Waals surface area contributed by atoms with Crippen LogP contribution in [0.1, 0.15) is 85.9 Å². The molecule has 2 rings (SSSR count). The number of aromatic hydroxyl groups is 1. The van der Waals surface area contributed by atoms with E-state index < -0.39 is 65.4 Å². The molecule has 2 aromatic rings. The van der Waals surface area contributed by atoms with Gasteiger partial charge in [-0.3, -0.25) is 9.59 Å². The summed E-state index contributed by atoms with van der Waals surface area (Å²) in [6.07, 6.45) is -0.445. The lowest BCUT2D eigenvalue weighted by Crippen LogP contribution is -2.61. The minimum atomic E-state index is -1.47. The van der Waals surface area contributed by atoms with E-state index >= 15 is 0 Å². The van der Waals surface area contributed by atoms with Crippen LogP contribution < -0.4 is 10.6 Å². The van der Waals surface area contributed by atoms with Gasteiger partial charge >= 0.3 is 12.1 Å². The van der Waals surface area contributed by atoms with Crippen molar-refractivity contribution in [2.45, 2.75) is 110 Å². The van der Waals surface area contributed by atoms with Gasteiger partial charge in [-0.15, -0.1) is 0 Å². The Bertz CT molecular complexity index is 1310. The van der Waals surface area contributed by atoms with Crippen molar-refractivity contribution in [3.05, 3.63) is 65.7 Å². The minimum Gasteiger partial charge on any atom is -0.508 e. The number of nitrogens with zero attached hydrogens (tertiary/aromatic N) is 1. The normalized spacial score (nSPS) is 14.0. The van der Waals surface area contributed by atoms with E-state index in [4.69, 9.17) is 9.47 Å². The Morgan fingerprint density at radius 3 is 1.93 bits per heavy atom. The van der Waals surface area contributed by atoms with Crippen molar-refractivity contribution in [2.75, 3.05) is 6.61 Å². The van der Waals surface area contributed by atoms with Gasteiger partial charge in [0, 0.05) is 12.0 Å². The molecule has 3 amide bonds. The van der Waals surface area contributed by atoms with Crippen molar-refractivity contribution >= 4 is 23.9 Å². The lowest BCUT2D eigenvalue weighted by atomic mass is 9.91. The van der Waals surface area contributed by atoms with Crippen molar-refractivity contribution < 1.29 is 38.9 Å². The third-order valence-corrected chi connectivity index (χ3v) is 6.91. The molecule has 11 nitrogen and oxygen atoms in total. The van der Waals surface area contributed by atoms with Gasteiger partial charge in [-0.2, -0.15) is 0 Å². The number of carbonyl (C=O) groups is 4. The maximum Gasteiger partial charge on any atom is 0.408 e. The van der Waals surface area contributed by atoms with E-state index in [0.29, 0.717) is 6.42 Å².